The molecule has 0 aliphatic heterocycles. The van der Waals surface area contributed by atoms with E-state index < -0.39 is 0 Å². The molecule has 0 amide bonds. The molecule has 0 aliphatic rings. The molecule has 0 atom stereocenters. The third-order valence-corrected chi connectivity index (χ3v) is 3.94. The van der Waals surface area contributed by atoms with Gasteiger partial charge in [-0.15, -0.1) is 5.10 Å². The summed E-state index contributed by atoms with van der Waals surface area (Å²) < 4.78 is 1.60. The van der Waals surface area contributed by atoms with Crippen LogP contribution in [0.25, 0.3) is 0 Å². The van der Waals surface area contributed by atoms with Gasteiger partial charge in [-0.05, 0) is 18.6 Å². The molecule has 0 spiro atoms. The topological polar surface area (TPSA) is 63.6 Å². The number of H-pyrrole nitrogens is 1. The maximum absolute atomic E-state index is 11.5. The number of pyridine rings is 1. The molecule has 2 heterocycles. The van der Waals surface area contributed by atoms with Crippen molar-refractivity contribution in [3.63, 3.8) is 0 Å². The van der Waals surface area contributed by atoms with E-state index in [1.165, 1.54) is 11.8 Å². The van der Waals surface area contributed by atoms with Crippen molar-refractivity contribution < 1.29 is 0 Å². The van der Waals surface area contributed by atoms with E-state index in [1.54, 1.807) is 16.7 Å². The first-order valence-corrected chi connectivity index (χ1v) is 7.45. The molecule has 5 nitrogen and oxygen atoms in total. The summed E-state index contributed by atoms with van der Waals surface area (Å²) in [6.07, 6.45) is 0.864. The van der Waals surface area contributed by atoms with Crippen LogP contribution in [0.4, 0.5) is 0 Å². The summed E-state index contributed by atoms with van der Waals surface area (Å²) in [4.78, 5) is 15.7. The molecule has 0 aliphatic carbocycles. The summed E-state index contributed by atoms with van der Waals surface area (Å²) in [6, 6.07) is 3.34. The average Bonchev–Trinajstić information content (AvgIpc) is 2.73. The first-order valence-electron chi connectivity index (χ1n) is 5.70. The Labute approximate surface area is 124 Å². The Morgan fingerprint density at radius 3 is 2.95 bits per heavy atom. The second-order valence-corrected chi connectivity index (χ2v) is 5.55. The Bertz CT molecular complexity index is 625. The third kappa shape index (κ3) is 3.52. The molecular weight excluding hydrogens is 307 g/mol. The predicted octanol–water partition coefficient (Wildman–Crippen LogP) is 2.98. The van der Waals surface area contributed by atoms with E-state index in [2.05, 4.69) is 15.2 Å². The van der Waals surface area contributed by atoms with Gasteiger partial charge < -0.3 is 0 Å². The molecule has 8 heteroatoms. The molecule has 2 aromatic heterocycles. The van der Waals surface area contributed by atoms with E-state index in [0.717, 1.165) is 6.42 Å². The molecule has 0 saturated heterocycles. The zero-order valence-corrected chi connectivity index (χ0v) is 12.5. The lowest BCUT2D eigenvalue weighted by Gasteiger charge is -2.05. The van der Waals surface area contributed by atoms with Gasteiger partial charge in [0.05, 0.1) is 10.7 Å². The minimum absolute atomic E-state index is 0.200. The zero-order valence-electron chi connectivity index (χ0n) is 10.2. The van der Waals surface area contributed by atoms with Crippen LogP contribution in [0.1, 0.15) is 19.0 Å². The van der Waals surface area contributed by atoms with Crippen LogP contribution in [0.2, 0.25) is 10.2 Å². The maximum atomic E-state index is 11.5. The van der Waals surface area contributed by atoms with E-state index in [4.69, 9.17) is 23.2 Å². The second-order valence-electron chi connectivity index (χ2n) is 3.81. The number of hydrogen-bond acceptors (Lipinski definition) is 4. The van der Waals surface area contributed by atoms with Crippen molar-refractivity contribution >= 4 is 35.0 Å². The molecule has 0 radical (unpaired) electrons. The minimum atomic E-state index is -0.200. The Balaban J connectivity index is 2.14. The smallest absolute Gasteiger partial charge is 0.270 e. The molecule has 1 N–H and O–H groups in total. The lowest BCUT2D eigenvalue weighted by atomic mass is 10.4. The largest absolute Gasteiger partial charge is 0.343 e. The number of nitrogens with zero attached hydrogens (tertiary/aromatic N) is 3. The average molecular weight is 319 g/mol. The van der Waals surface area contributed by atoms with Gasteiger partial charge in [-0.2, -0.15) is 0 Å². The van der Waals surface area contributed by atoms with Gasteiger partial charge in [-0.1, -0.05) is 41.9 Å². The Morgan fingerprint density at radius 1 is 1.42 bits per heavy atom. The fraction of sp³-hybridized carbons (Fsp3) is 0.364. The van der Waals surface area contributed by atoms with Crippen LogP contribution in [0.3, 0.4) is 0 Å². The van der Waals surface area contributed by atoms with Crippen LogP contribution >= 0.6 is 35.0 Å². The highest BCUT2D eigenvalue weighted by atomic mass is 35.5. The van der Waals surface area contributed by atoms with E-state index >= 15 is 0 Å². The Morgan fingerprint density at radius 2 is 2.21 bits per heavy atom. The normalized spacial score (nSPS) is 10.9. The lowest BCUT2D eigenvalue weighted by molar-refractivity contribution is 0.603. The molecule has 0 unspecified atom stereocenters. The van der Waals surface area contributed by atoms with Crippen LogP contribution in [0, 0.1) is 0 Å². The summed E-state index contributed by atoms with van der Waals surface area (Å²) in [7, 11) is 0. The van der Waals surface area contributed by atoms with Crippen LogP contribution in [-0.4, -0.2) is 19.7 Å². The van der Waals surface area contributed by atoms with Crippen molar-refractivity contribution in [1.29, 1.82) is 0 Å². The van der Waals surface area contributed by atoms with E-state index in [0.29, 0.717) is 33.3 Å². The molecule has 0 saturated carbocycles. The highest BCUT2D eigenvalue weighted by molar-refractivity contribution is 7.98. The van der Waals surface area contributed by atoms with Crippen LogP contribution in [-0.2, 0) is 12.3 Å². The minimum Gasteiger partial charge on any atom is -0.270 e. The standard InChI is InChI=1S/C11H12Cl2N4OS/c1-2-5-17-10(18)15-16-11(17)19-6-8-7(12)3-4-9(13)14-8/h3-4H,2,5-6H2,1H3,(H,15,18). The number of hydrogen-bond donors (Lipinski definition) is 1. The van der Waals surface area contributed by atoms with Gasteiger partial charge >= 0.3 is 5.69 Å². The van der Waals surface area contributed by atoms with Crippen molar-refractivity contribution in [2.75, 3.05) is 0 Å². The van der Waals surface area contributed by atoms with Gasteiger partial charge in [0.15, 0.2) is 5.16 Å². The monoisotopic (exact) mass is 318 g/mol. The number of aromatic amines is 1. The highest BCUT2D eigenvalue weighted by Crippen LogP contribution is 2.24. The van der Waals surface area contributed by atoms with Crippen molar-refractivity contribution in [2.24, 2.45) is 0 Å². The lowest BCUT2D eigenvalue weighted by Crippen LogP contribution is -2.17. The van der Waals surface area contributed by atoms with Gasteiger partial charge in [-0.25, -0.2) is 14.9 Å². The number of aromatic nitrogens is 4. The highest BCUT2D eigenvalue weighted by Gasteiger charge is 2.10. The molecule has 2 rings (SSSR count). The van der Waals surface area contributed by atoms with E-state index in [-0.39, 0.29) is 5.69 Å². The third-order valence-electron chi connectivity index (χ3n) is 2.39. The first kappa shape index (κ1) is 14.4. The van der Waals surface area contributed by atoms with E-state index in [1.807, 2.05) is 6.92 Å². The summed E-state index contributed by atoms with van der Waals surface area (Å²) >= 11 is 13.3. The van der Waals surface area contributed by atoms with Crippen LogP contribution < -0.4 is 5.69 Å². The van der Waals surface area contributed by atoms with Crippen molar-refractivity contribution in [3.05, 3.63) is 38.5 Å². The van der Waals surface area contributed by atoms with Crippen LogP contribution in [0.5, 0.6) is 0 Å². The zero-order chi connectivity index (χ0) is 13.8. The molecule has 19 heavy (non-hydrogen) atoms. The van der Waals surface area contributed by atoms with Crippen molar-refractivity contribution in [1.82, 2.24) is 19.7 Å². The first-order chi connectivity index (χ1) is 9.11. The van der Waals surface area contributed by atoms with E-state index in [9.17, 15) is 4.79 Å². The molecule has 0 bridgehead atoms. The predicted molar refractivity (Wildman–Crippen MR) is 77.0 cm³/mol. The quantitative estimate of drug-likeness (QED) is 0.680. The molecule has 0 aromatic carbocycles. The molecule has 102 valence electrons. The van der Waals surface area contributed by atoms with Gasteiger partial charge in [-0.3, -0.25) is 4.57 Å². The van der Waals surface area contributed by atoms with Gasteiger partial charge in [0, 0.05) is 12.3 Å². The number of nitrogens with one attached hydrogen (secondary N) is 1. The van der Waals surface area contributed by atoms with Gasteiger partial charge in [0.25, 0.3) is 0 Å². The summed E-state index contributed by atoms with van der Waals surface area (Å²) in [6.45, 7) is 2.64. The maximum Gasteiger partial charge on any atom is 0.343 e. The van der Waals surface area contributed by atoms with Gasteiger partial charge in [0.2, 0.25) is 0 Å². The van der Waals surface area contributed by atoms with Crippen molar-refractivity contribution in [3.8, 4) is 0 Å². The Kier molecular flexibility index (Phi) is 4.90. The summed E-state index contributed by atoms with van der Waals surface area (Å²) in [5.74, 6) is 0.507. The van der Waals surface area contributed by atoms with Crippen LogP contribution in [0.15, 0.2) is 22.1 Å². The molecule has 0 fully saturated rings. The fourth-order valence-electron chi connectivity index (χ4n) is 1.53. The molecular formula is C11H12Cl2N4OS. The number of thioether (sulfide) groups is 1. The number of rotatable bonds is 5. The summed E-state index contributed by atoms with van der Waals surface area (Å²) in [5, 5.41) is 8.01. The second kappa shape index (κ2) is 6.45. The summed E-state index contributed by atoms with van der Waals surface area (Å²) in [5.41, 5.74) is 0.479. The Hall–Kier alpha value is -0.980. The van der Waals surface area contributed by atoms with Gasteiger partial charge in [0.1, 0.15) is 5.15 Å². The SMILES string of the molecule is CCCn1c(SCc2nc(Cl)ccc2Cl)n[nH]c1=O. The number of halogens is 2. The fourth-order valence-corrected chi connectivity index (χ4v) is 2.87. The molecule has 2 aromatic rings. The van der Waals surface area contributed by atoms with Crippen molar-refractivity contribution in [2.45, 2.75) is 30.8 Å².